The molecule has 106 valence electrons. The van der Waals surface area contributed by atoms with Crippen LogP contribution in [0.25, 0.3) is 0 Å². The Morgan fingerprint density at radius 1 is 1.00 bits per heavy atom. The fourth-order valence-electron chi connectivity index (χ4n) is 1.94. The van der Waals surface area contributed by atoms with E-state index in [9.17, 15) is 4.79 Å². The minimum absolute atomic E-state index is 0.0309. The van der Waals surface area contributed by atoms with Crippen LogP contribution in [-0.2, 0) is 4.79 Å². The van der Waals surface area contributed by atoms with Crippen LogP contribution in [0.15, 0.2) is 0 Å². The van der Waals surface area contributed by atoms with Crippen molar-refractivity contribution in [3.63, 3.8) is 0 Å². The van der Waals surface area contributed by atoms with Crippen molar-refractivity contribution in [3.8, 4) is 0 Å². The summed E-state index contributed by atoms with van der Waals surface area (Å²) in [4.78, 5) is 11.9. The number of hydrogen-bond acceptors (Lipinski definition) is 5. The number of carbonyl (C=O) groups is 1. The summed E-state index contributed by atoms with van der Waals surface area (Å²) >= 11 is 0. The van der Waals surface area contributed by atoms with Crippen LogP contribution in [0.2, 0.25) is 0 Å². The third kappa shape index (κ3) is 6.90. The Hall–Kier alpha value is -0.690. The molecule has 0 aromatic carbocycles. The molecule has 0 spiro atoms. The average Bonchev–Trinajstić information content (AvgIpc) is 2.37. The van der Waals surface area contributed by atoms with Crippen LogP contribution in [0.1, 0.15) is 12.8 Å². The van der Waals surface area contributed by atoms with Crippen LogP contribution in [0, 0.1) is 5.92 Å². The van der Waals surface area contributed by atoms with Crippen molar-refractivity contribution in [1.82, 2.24) is 21.3 Å². The second kappa shape index (κ2) is 10.3. The van der Waals surface area contributed by atoms with E-state index < -0.39 is 0 Å². The number of aliphatic hydroxyl groups is 1. The molecule has 1 atom stereocenters. The molecule has 0 aliphatic carbocycles. The molecule has 1 unspecified atom stereocenters. The molecule has 6 nitrogen and oxygen atoms in total. The molecule has 1 aliphatic rings. The topological polar surface area (TPSA) is 85.4 Å². The first-order valence-corrected chi connectivity index (χ1v) is 6.85. The average molecular weight is 258 g/mol. The molecule has 0 saturated carbocycles. The van der Waals surface area contributed by atoms with E-state index in [1.807, 2.05) is 0 Å². The Balaban J connectivity index is 2.35. The number of amides is 1. The maximum atomic E-state index is 11.9. The normalized spacial score (nSPS) is 25.2. The van der Waals surface area contributed by atoms with Crippen LogP contribution >= 0.6 is 0 Å². The smallest absolute Gasteiger partial charge is 0.224 e. The van der Waals surface area contributed by atoms with Crippen molar-refractivity contribution >= 4 is 5.91 Å². The Morgan fingerprint density at radius 2 is 1.67 bits per heavy atom. The summed E-state index contributed by atoms with van der Waals surface area (Å²) in [6.07, 6.45) is 1.61. The molecular weight excluding hydrogens is 232 g/mol. The van der Waals surface area contributed by atoms with Gasteiger partial charge in [0.1, 0.15) is 0 Å². The number of aliphatic hydroxyl groups excluding tert-OH is 1. The van der Waals surface area contributed by atoms with E-state index in [1.165, 1.54) is 0 Å². The van der Waals surface area contributed by atoms with Gasteiger partial charge in [-0.15, -0.1) is 0 Å². The first-order valence-electron chi connectivity index (χ1n) is 6.85. The monoisotopic (exact) mass is 258 g/mol. The lowest BCUT2D eigenvalue weighted by molar-refractivity contribution is -0.125. The molecule has 1 saturated heterocycles. The van der Waals surface area contributed by atoms with Gasteiger partial charge in [0.05, 0.1) is 5.92 Å². The Morgan fingerprint density at radius 3 is 2.39 bits per heavy atom. The number of rotatable bonds is 2. The summed E-state index contributed by atoms with van der Waals surface area (Å²) in [6.45, 7) is 5.87. The molecule has 6 heteroatoms. The molecule has 5 N–H and O–H groups in total. The van der Waals surface area contributed by atoms with Crippen molar-refractivity contribution < 1.29 is 9.90 Å². The molecule has 1 fully saturated rings. The molecule has 18 heavy (non-hydrogen) atoms. The third-order valence-electron chi connectivity index (χ3n) is 3.03. The van der Waals surface area contributed by atoms with Crippen LogP contribution in [0.4, 0.5) is 0 Å². The van der Waals surface area contributed by atoms with E-state index in [1.54, 1.807) is 0 Å². The molecular formula is C12H26N4O2. The molecule has 1 rings (SSSR count). The second-order valence-electron chi connectivity index (χ2n) is 4.56. The van der Waals surface area contributed by atoms with Gasteiger partial charge < -0.3 is 26.4 Å². The summed E-state index contributed by atoms with van der Waals surface area (Å²) in [5.74, 6) is -0.110. The Labute approximate surface area is 109 Å². The lowest BCUT2D eigenvalue weighted by atomic mass is 10.1. The predicted octanol–water partition coefficient (Wildman–Crippen LogP) is -1.73. The van der Waals surface area contributed by atoms with Crippen molar-refractivity contribution in [1.29, 1.82) is 0 Å². The third-order valence-corrected chi connectivity index (χ3v) is 3.03. The highest BCUT2D eigenvalue weighted by molar-refractivity contribution is 5.78. The lowest BCUT2D eigenvalue weighted by Gasteiger charge is -2.17. The SMILES string of the molecule is O=C1NCCNCCCNCCNCC1CCO. The maximum Gasteiger partial charge on any atom is 0.224 e. The van der Waals surface area contributed by atoms with E-state index in [-0.39, 0.29) is 18.4 Å². The summed E-state index contributed by atoms with van der Waals surface area (Å²) in [5.41, 5.74) is 0. The summed E-state index contributed by atoms with van der Waals surface area (Å²) in [7, 11) is 0. The molecule has 1 amide bonds. The van der Waals surface area contributed by atoms with Gasteiger partial charge in [-0.05, 0) is 25.9 Å². The minimum atomic E-state index is -0.141. The van der Waals surface area contributed by atoms with Gasteiger partial charge in [0, 0.05) is 39.3 Å². The second-order valence-corrected chi connectivity index (χ2v) is 4.56. The fraction of sp³-hybridized carbons (Fsp3) is 0.917. The predicted molar refractivity (Wildman–Crippen MR) is 71.4 cm³/mol. The molecule has 1 aliphatic heterocycles. The number of nitrogens with one attached hydrogen (secondary N) is 4. The zero-order valence-electron chi connectivity index (χ0n) is 11.0. The first-order chi connectivity index (χ1) is 8.84. The van der Waals surface area contributed by atoms with Crippen LogP contribution < -0.4 is 21.3 Å². The first kappa shape index (κ1) is 15.4. The standard InChI is InChI=1S/C12H26N4O2/c17-9-2-11-10-15-6-5-13-3-1-4-14-7-8-16-12(11)18/h11,13-15,17H,1-10H2,(H,16,18). The fourth-order valence-corrected chi connectivity index (χ4v) is 1.94. The molecule has 1 heterocycles. The van der Waals surface area contributed by atoms with Crippen LogP contribution in [0.5, 0.6) is 0 Å². The van der Waals surface area contributed by atoms with E-state index in [0.29, 0.717) is 19.5 Å². The molecule has 0 radical (unpaired) electrons. The van der Waals surface area contributed by atoms with E-state index in [2.05, 4.69) is 21.3 Å². The van der Waals surface area contributed by atoms with E-state index in [4.69, 9.17) is 5.11 Å². The van der Waals surface area contributed by atoms with Crippen LogP contribution in [0.3, 0.4) is 0 Å². The Bertz CT molecular complexity index is 226. The zero-order chi connectivity index (χ0) is 13.1. The molecule has 0 aromatic rings. The quantitative estimate of drug-likeness (QED) is 0.407. The van der Waals surface area contributed by atoms with Gasteiger partial charge in [0.2, 0.25) is 5.91 Å². The zero-order valence-corrected chi connectivity index (χ0v) is 11.0. The van der Waals surface area contributed by atoms with Crippen molar-refractivity contribution in [2.24, 2.45) is 5.92 Å². The Kier molecular flexibility index (Phi) is 8.75. The van der Waals surface area contributed by atoms with Crippen molar-refractivity contribution in [3.05, 3.63) is 0 Å². The van der Waals surface area contributed by atoms with Crippen LogP contribution in [-0.4, -0.2) is 63.4 Å². The van der Waals surface area contributed by atoms with Gasteiger partial charge >= 0.3 is 0 Å². The van der Waals surface area contributed by atoms with Gasteiger partial charge in [-0.25, -0.2) is 0 Å². The van der Waals surface area contributed by atoms with Crippen molar-refractivity contribution in [2.75, 3.05) is 52.4 Å². The van der Waals surface area contributed by atoms with Gasteiger partial charge in [0.15, 0.2) is 0 Å². The summed E-state index contributed by atoms with van der Waals surface area (Å²) < 4.78 is 0. The van der Waals surface area contributed by atoms with Crippen molar-refractivity contribution in [2.45, 2.75) is 12.8 Å². The van der Waals surface area contributed by atoms with Gasteiger partial charge in [-0.1, -0.05) is 0 Å². The van der Waals surface area contributed by atoms with E-state index >= 15 is 0 Å². The lowest BCUT2D eigenvalue weighted by Crippen LogP contribution is -2.42. The molecule has 0 bridgehead atoms. The van der Waals surface area contributed by atoms with Gasteiger partial charge in [-0.3, -0.25) is 4.79 Å². The molecule has 0 aromatic heterocycles. The minimum Gasteiger partial charge on any atom is -0.396 e. The van der Waals surface area contributed by atoms with Gasteiger partial charge in [0.25, 0.3) is 0 Å². The highest BCUT2D eigenvalue weighted by Gasteiger charge is 2.16. The highest BCUT2D eigenvalue weighted by Crippen LogP contribution is 2.00. The number of hydrogen-bond donors (Lipinski definition) is 5. The van der Waals surface area contributed by atoms with Gasteiger partial charge in [-0.2, -0.15) is 0 Å². The van der Waals surface area contributed by atoms with E-state index in [0.717, 1.165) is 39.1 Å². The summed E-state index contributed by atoms with van der Waals surface area (Å²) in [5, 5.41) is 21.8. The summed E-state index contributed by atoms with van der Waals surface area (Å²) in [6, 6.07) is 0. The largest absolute Gasteiger partial charge is 0.396 e. The number of carbonyl (C=O) groups excluding carboxylic acids is 1. The maximum absolute atomic E-state index is 11.9. The highest BCUT2D eigenvalue weighted by atomic mass is 16.3.